The van der Waals surface area contributed by atoms with Gasteiger partial charge in [-0.1, -0.05) is 13.0 Å². The molecule has 4 nitrogen and oxygen atoms in total. The van der Waals surface area contributed by atoms with Crippen LogP contribution in [0.1, 0.15) is 18.9 Å². The molecule has 0 saturated carbocycles. The molecule has 2 N–H and O–H groups in total. The maximum atomic E-state index is 11.7. The van der Waals surface area contributed by atoms with Crippen molar-refractivity contribution in [3.63, 3.8) is 0 Å². The Balaban J connectivity index is 2.39. The number of benzene rings is 1. The van der Waals surface area contributed by atoms with Crippen molar-refractivity contribution in [1.29, 1.82) is 0 Å². The minimum atomic E-state index is 0.0171. The highest BCUT2D eigenvalue weighted by Crippen LogP contribution is 2.32. The fourth-order valence-electron chi connectivity index (χ4n) is 1.84. The van der Waals surface area contributed by atoms with Crippen molar-refractivity contribution >= 4 is 11.6 Å². The predicted octanol–water partition coefficient (Wildman–Crippen LogP) is 1.28. The van der Waals surface area contributed by atoms with Crippen LogP contribution in [0.2, 0.25) is 0 Å². The minimum absolute atomic E-state index is 0.0171. The Kier molecular flexibility index (Phi) is 3.10. The van der Waals surface area contributed by atoms with Gasteiger partial charge in [-0.3, -0.25) is 4.79 Å². The third-order valence-electron chi connectivity index (χ3n) is 2.65. The van der Waals surface area contributed by atoms with Gasteiger partial charge in [0.1, 0.15) is 5.75 Å². The van der Waals surface area contributed by atoms with Crippen molar-refractivity contribution in [2.45, 2.75) is 19.9 Å². The molecular weight excluding hydrogens is 204 g/mol. The van der Waals surface area contributed by atoms with E-state index >= 15 is 0 Å². The predicted molar refractivity (Wildman–Crippen MR) is 62.5 cm³/mol. The first kappa shape index (κ1) is 11.0. The molecule has 1 aliphatic rings. The highest BCUT2D eigenvalue weighted by Gasteiger charge is 2.24. The van der Waals surface area contributed by atoms with Crippen molar-refractivity contribution in [2.75, 3.05) is 18.1 Å². The van der Waals surface area contributed by atoms with Crippen LogP contribution < -0.4 is 15.4 Å². The van der Waals surface area contributed by atoms with E-state index in [1.807, 2.05) is 18.2 Å². The van der Waals surface area contributed by atoms with Gasteiger partial charge in [0.2, 0.25) is 0 Å². The van der Waals surface area contributed by atoms with Crippen molar-refractivity contribution in [2.24, 2.45) is 5.73 Å². The molecule has 0 aliphatic carbocycles. The monoisotopic (exact) mass is 220 g/mol. The Morgan fingerprint density at radius 1 is 1.50 bits per heavy atom. The molecule has 0 fully saturated rings. The highest BCUT2D eigenvalue weighted by atomic mass is 16.5. The molecule has 0 radical (unpaired) electrons. The van der Waals surface area contributed by atoms with Gasteiger partial charge < -0.3 is 15.4 Å². The molecule has 0 saturated heterocycles. The molecule has 2 rings (SSSR count). The van der Waals surface area contributed by atoms with Crippen LogP contribution in [0.5, 0.6) is 5.75 Å². The number of fused-ring (bicyclic) bond motifs is 1. The van der Waals surface area contributed by atoms with Gasteiger partial charge in [-0.25, -0.2) is 0 Å². The molecular formula is C12H16N2O2. The second-order valence-electron chi connectivity index (χ2n) is 3.84. The summed E-state index contributed by atoms with van der Waals surface area (Å²) in [6, 6.07) is 5.74. The number of ether oxygens (including phenoxy) is 1. The van der Waals surface area contributed by atoms with Gasteiger partial charge >= 0.3 is 0 Å². The summed E-state index contributed by atoms with van der Waals surface area (Å²) in [6.07, 6.45) is 0.929. The van der Waals surface area contributed by atoms with Gasteiger partial charge in [0.05, 0.1) is 5.69 Å². The SMILES string of the molecule is CCCN1C(=O)COc2ccc(CN)cc21. The summed E-state index contributed by atoms with van der Waals surface area (Å²) in [4.78, 5) is 13.5. The molecule has 0 bridgehead atoms. The second-order valence-corrected chi connectivity index (χ2v) is 3.84. The summed E-state index contributed by atoms with van der Waals surface area (Å²) in [6.45, 7) is 3.38. The third kappa shape index (κ3) is 1.88. The van der Waals surface area contributed by atoms with Gasteiger partial charge in [0.15, 0.2) is 6.61 Å². The Morgan fingerprint density at radius 2 is 2.31 bits per heavy atom. The Labute approximate surface area is 95.0 Å². The van der Waals surface area contributed by atoms with Crippen molar-refractivity contribution in [3.8, 4) is 5.75 Å². The highest BCUT2D eigenvalue weighted by molar-refractivity contribution is 5.97. The topological polar surface area (TPSA) is 55.6 Å². The number of hydrogen-bond donors (Lipinski definition) is 1. The molecule has 1 aromatic carbocycles. The number of carbonyl (C=O) groups excluding carboxylic acids is 1. The minimum Gasteiger partial charge on any atom is -0.482 e. The average molecular weight is 220 g/mol. The Bertz CT molecular complexity index is 404. The van der Waals surface area contributed by atoms with Crippen molar-refractivity contribution < 1.29 is 9.53 Å². The van der Waals surface area contributed by atoms with Crippen molar-refractivity contribution in [1.82, 2.24) is 0 Å². The lowest BCUT2D eigenvalue weighted by Gasteiger charge is -2.29. The van der Waals surface area contributed by atoms with Gasteiger partial charge in [-0.05, 0) is 24.1 Å². The summed E-state index contributed by atoms with van der Waals surface area (Å²) in [5.74, 6) is 0.786. The van der Waals surface area contributed by atoms with Crippen LogP contribution in [-0.4, -0.2) is 19.1 Å². The quantitative estimate of drug-likeness (QED) is 0.834. The summed E-state index contributed by atoms with van der Waals surface area (Å²) in [5, 5.41) is 0. The largest absolute Gasteiger partial charge is 0.482 e. The van der Waals surface area contributed by atoms with E-state index in [1.54, 1.807) is 4.90 Å². The zero-order valence-corrected chi connectivity index (χ0v) is 9.40. The zero-order chi connectivity index (χ0) is 11.5. The lowest BCUT2D eigenvalue weighted by Crippen LogP contribution is -2.39. The summed E-state index contributed by atoms with van der Waals surface area (Å²) >= 11 is 0. The van der Waals surface area contributed by atoms with Crippen LogP contribution in [0, 0.1) is 0 Å². The number of anilines is 1. The van der Waals surface area contributed by atoms with Crippen molar-refractivity contribution in [3.05, 3.63) is 23.8 Å². The molecule has 0 unspecified atom stereocenters. The van der Waals surface area contributed by atoms with Crippen LogP contribution in [0.4, 0.5) is 5.69 Å². The molecule has 0 spiro atoms. The molecule has 1 aromatic rings. The standard InChI is InChI=1S/C12H16N2O2/c1-2-5-14-10-6-9(7-13)3-4-11(10)16-8-12(14)15/h3-4,6H,2,5,7-8,13H2,1H3. The van der Waals surface area contributed by atoms with Gasteiger partial charge in [-0.15, -0.1) is 0 Å². The van der Waals surface area contributed by atoms with E-state index in [9.17, 15) is 4.79 Å². The van der Waals surface area contributed by atoms with Gasteiger partial charge in [0.25, 0.3) is 5.91 Å². The molecule has 4 heteroatoms. The van der Waals surface area contributed by atoms with E-state index < -0.39 is 0 Å². The first-order valence-electron chi connectivity index (χ1n) is 5.52. The van der Waals surface area contributed by atoms with Crippen LogP contribution >= 0.6 is 0 Å². The molecule has 1 amide bonds. The Hall–Kier alpha value is -1.55. The van der Waals surface area contributed by atoms with Crippen LogP contribution in [0.3, 0.4) is 0 Å². The fraction of sp³-hybridized carbons (Fsp3) is 0.417. The maximum absolute atomic E-state index is 11.7. The lowest BCUT2D eigenvalue weighted by atomic mass is 10.1. The number of nitrogens with zero attached hydrogens (tertiary/aromatic N) is 1. The summed E-state index contributed by atoms with van der Waals surface area (Å²) in [7, 11) is 0. The smallest absolute Gasteiger partial charge is 0.265 e. The zero-order valence-electron chi connectivity index (χ0n) is 9.40. The van der Waals surface area contributed by atoms with Crippen LogP contribution in [-0.2, 0) is 11.3 Å². The lowest BCUT2D eigenvalue weighted by molar-refractivity contribution is -0.121. The number of hydrogen-bond acceptors (Lipinski definition) is 3. The molecule has 0 aromatic heterocycles. The maximum Gasteiger partial charge on any atom is 0.265 e. The first-order chi connectivity index (χ1) is 7.76. The Morgan fingerprint density at radius 3 is 3.00 bits per heavy atom. The molecule has 1 heterocycles. The number of amides is 1. The summed E-state index contributed by atoms with van der Waals surface area (Å²) < 4.78 is 5.38. The van der Waals surface area contributed by atoms with Gasteiger partial charge in [0, 0.05) is 13.1 Å². The number of carbonyl (C=O) groups is 1. The van der Waals surface area contributed by atoms with E-state index in [0.717, 1.165) is 30.0 Å². The van der Waals surface area contributed by atoms with Gasteiger partial charge in [-0.2, -0.15) is 0 Å². The van der Waals surface area contributed by atoms with E-state index in [4.69, 9.17) is 10.5 Å². The van der Waals surface area contributed by atoms with Crippen LogP contribution in [0.15, 0.2) is 18.2 Å². The first-order valence-corrected chi connectivity index (χ1v) is 5.52. The summed E-state index contributed by atoms with van der Waals surface area (Å²) in [5.41, 5.74) is 7.45. The molecule has 0 atom stereocenters. The number of nitrogens with two attached hydrogens (primary N) is 1. The van der Waals surface area contributed by atoms with E-state index in [2.05, 4.69) is 6.92 Å². The normalized spacial score (nSPS) is 14.6. The average Bonchev–Trinajstić information content (AvgIpc) is 2.32. The fourth-order valence-corrected chi connectivity index (χ4v) is 1.84. The van der Waals surface area contributed by atoms with E-state index in [-0.39, 0.29) is 12.5 Å². The second kappa shape index (κ2) is 4.53. The van der Waals surface area contributed by atoms with Crippen LogP contribution in [0.25, 0.3) is 0 Å². The third-order valence-corrected chi connectivity index (χ3v) is 2.65. The molecule has 16 heavy (non-hydrogen) atoms. The number of rotatable bonds is 3. The molecule has 86 valence electrons. The van der Waals surface area contributed by atoms with E-state index in [0.29, 0.717) is 6.54 Å². The van der Waals surface area contributed by atoms with E-state index in [1.165, 1.54) is 0 Å². The molecule has 1 aliphatic heterocycles.